The summed E-state index contributed by atoms with van der Waals surface area (Å²) < 4.78 is 7.20. The van der Waals surface area contributed by atoms with Gasteiger partial charge in [-0.3, -0.25) is 4.68 Å². The molecule has 142 valence electrons. The van der Waals surface area contributed by atoms with Gasteiger partial charge in [0.05, 0.1) is 25.9 Å². The van der Waals surface area contributed by atoms with Gasteiger partial charge in [0.2, 0.25) is 5.88 Å². The van der Waals surface area contributed by atoms with Crippen LogP contribution in [-0.4, -0.2) is 45.5 Å². The number of rotatable bonds is 8. The topological polar surface area (TPSA) is 96.6 Å². The molecule has 1 unspecified atom stereocenters. The Morgan fingerprint density at radius 1 is 1.38 bits per heavy atom. The van der Waals surface area contributed by atoms with Crippen LogP contribution in [0.1, 0.15) is 31.9 Å². The van der Waals surface area contributed by atoms with Gasteiger partial charge in [-0.15, -0.1) is 0 Å². The first-order valence-electron chi connectivity index (χ1n) is 8.76. The number of guanidine groups is 1. The molecule has 0 bridgehead atoms. The molecule has 1 atom stereocenters. The molecule has 0 fully saturated rings. The maximum atomic E-state index is 10.7. The zero-order valence-corrected chi connectivity index (χ0v) is 15.9. The molecule has 0 aromatic carbocycles. The first-order chi connectivity index (χ1) is 12.5. The SMILES string of the molecule is CCNC(=NCc1cccnc1OCC)NCC(C)(O)c1cnn(C)c1. The van der Waals surface area contributed by atoms with Gasteiger partial charge in [0.25, 0.3) is 0 Å². The zero-order chi connectivity index (χ0) is 19.0. The Labute approximate surface area is 154 Å². The van der Waals surface area contributed by atoms with Crippen LogP contribution in [0.2, 0.25) is 0 Å². The molecule has 0 saturated carbocycles. The van der Waals surface area contributed by atoms with E-state index in [1.807, 2.05) is 33.0 Å². The second-order valence-corrected chi connectivity index (χ2v) is 6.13. The Morgan fingerprint density at radius 2 is 2.19 bits per heavy atom. The maximum Gasteiger partial charge on any atom is 0.218 e. The molecule has 26 heavy (non-hydrogen) atoms. The lowest BCUT2D eigenvalue weighted by molar-refractivity contribution is 0.0616. The van der Waals surface area contributed by atoms with Gasteiger partial charge >= 0.3 is 0 Å². The minimum Gasteiger partial charge on any atom is -0.478 e. The lowest BCUT2D eigenvalue weighted by atomic mass is 10.00. The van der Waals surface area contributed by atoms with Crippen molar-refractivity contribution in [1.82, 2.24) is 25.4 Å². The molecule has 3 N–H and O–H groups in total. The van der Waals surface area contributed by atoms with E-state index in [-0.39, 0.29) is 0 Å². The van der Waals surface area contributed by atoms with E-state index in [0.717, 1.165) is 11.1 Å². The molecule has 8 nitrogen and oxygen atoms in total. The third-order valence-corrected chi connectivity index (χ3v) is 3.81. The molecule has 0 spiro atoms. The minimum atomic E-state index is -1.06. The summed E-state index contributed by atoms with van der Waals surface area (Å²) in [5, 5.41) is 21.2. The van der Waals surface area contributed by atoms with Crippen molar-refractivity contribution >= 4 is 5.96 Å². The molecule has 0 saturated heterocycles. The number of hydrogen-bond acceptors (Lipinski definition) is 5. The predicted molar refractivity (Wildman–Crippen MR) is 101 cm³/mol. The van der Waals surface area contributed by atoms with Crippen LogP contribution in [-0.2, 0) is 19.2 Å². The first-order valence-corrected chi connectivity index (χ1v) is 8.76. The number of hydrogen-bond donors (Lipinski definition) is 3. The summed E-state index contributed by atoms with van der Waals surface area (Å²) in [6.07, 6.45) is 5.16. The van der Waals surface area contributed by atoms with Crippen LogP contribution in [0.15, 0.2) is 35.7 Å². The fourth-order valence-corrected chi connectivity index (χ4v) is 2.37. The molecule has 2 heterocycles. The van der Waals surface area contributed by atoms with Gasteiger partial charge in [-0.2, -0.15) is 5.10 Å². The highest BCUT2D eigenvalue weighted by atomic mass is 16.5. The Bertz CT molecular complexity index is 726. The Balaban J connectivity index is 2.05. The van der Waals surface area contributed by atoms with Gasteiger partial charge in [-0.25, -0.2) is 9.98 Å². The third-order valence-electron chi connectivity index (χ3n) is 3.81. The fourth-order valence-electron chi connectivity index (χ4n) is 2.37. The smallest absolute Gasteiger partial charge is 0.218 e. The van der Waals surface area contributed by atoms with Gasteiger partial charge in [-0.1, -0.05) is 6.07 Å². The van der Waals surface area contributed by atoms with E-state index < -0.39 is 5.60 Å². The Hall–Kier alpha value is -2.61. The van der Waals surface area contributed by atoms with Crippen LogP contribution < -0.4 is 15.4 Å². The molecular formula is C18H28N6O2. The number of aryl methyl sites for hydroxylation is 1. The molecule has 0 aliphatic heterocycles. The van der Waals surface area contributed by atoms with Crippen LogP contribution in [0.3, 0.4) is 0 Å². The van der Waals surface area contributed by atoms with Gasteiger partial charge in [0, 0.05) is 37.1 Å². The van der Waals surface area contributed by atoms with Crippen LogP contribution in [0.25, 0.3) is 0 Å². The highest BCUT2D eigenvalue weighted by Crippen LogP contribution is 2.18. The molecule has 2 rings (SSSR count). The van der Waals surface area contributed by atoms with Crippen molar-refractivity contribution in [2.45, 2.75) is 32.9 Å². The zero-order valence-electron chi connectivity index (χ0n) is 15.9. The van der Waals surface area contributed by atoms with Gasteiger partial charge < -0.3 is 20.5 Å². The number of nitrogens with one attached hydrogen (secondary N) is 2. The van der Waals surface area contributed by atoms with Gasteiger partial charge in [-0.05, 0) is 26.8 Å². The second kappa shape index (κ2) is 9.19. The normalized spacial score (nSPS) is 14.0. The van der Waals surface area contributed by atoms with Crippen molar-refractivity contribution in [3.05, 3.63) is 41.9 Å². The number of nitrogens with zero attached hydrogens (tertiary/aromatic N) is 4. The summed E-state index contributed by atoms with van der Waals surface area (Å²) in [7, 11) is 1.82. The highest BCUT2D eigenvalue weighted by molar-refractivity contribution is 5.79. The summed E-state index contributed by atoms with van der Waals surface area (Å²) in [6, 6.07) is 3.80. The molecule has 8 heteroatoms. The average Bonchev–Trinajstić information content (AvgIpc) is 3.06. The minimum absolute atomic E-state index is 0.301. The van der Waals surface area contributed by atoms with Gasteiger partial charge in [0.1, 0.15) is 5.60 Å². The largest absolute Gasteiger partial charge is 0.478 e. The van der Waals surface area contributed by atoms with Gasteiger partial charge in [0.15, 0.2) is 5.96 Å². The second-order valence-electron chi connectivity index (χ2n) is 6.13. The van der Waals surface area contributed by atoms with Crippen molar-refractivity contribution < 1.29 is 9.84 Å². The quantitative estimate of drug-likeness (QED) is 0.483. The van der Waals surface area contributed by atoms with E-state index in [2.05, 4.69) is 25.7 Å². The molecule has 0 amide bonds. The molecule has 2 aromatic heterocycles. The van der Waals surface area contributed by atoms with Crippen molar-refractivity contribution in [2.75, 3.05) is 19.7 Å². The number of aliphatic imine (C=N–C) groups is 1. The van der Waals surface area contributed by atoms with E-state index >= 15 is 0 Å². The molecule has 0 aliphatic carbocycles. The monoisotopic (exact) mass is 360 g/mol. The van der Waals surface area contributed by atoms with E-state index in [1.54, 1.807) is 30.2 Å². The van der Waals surface area contributed by atoms with Crippen molar-refractivity contribution in [3.63, 3.8) is 0 Å². The van der Waals surface area contributed by atoms with Crippen LogP contribution in [0.4, 0.5) is 0 Å². The summed E-state index contributed by atoms with van der Waals surface area (Å²) in [4.78, 5) is 8.81. The fraction of sp³-hybridized carbons (Fsp3) is 0.500. The summed E-state index contributed by atoms with van der Waals surface area (Å²) >= 11 is 0. The summed E-state index contributed by atoms with van der Waals surface area (Å²) in [5.74, 6) is 1.21. The first kappa shape index (κ1) is 19.7. The highest BCUT2D eigenvalue weighted by Gasteiger charge is 2.25. The van der Waals surface area contributed by atoms with Crippen LogP contribution in [0, 0.1) is 0 Å². The number of aromatic nitrogens is 3. The number of ether oxygens (including phenoxy) is 1. The Kier molecular flexibility index (Phi) is 6.97. The van der Waals surface area contributed by atoms with Crippen LogP contribution in [0.5, 0.6) is 5.88 Å². The number of pyridine rings is 1. The summed E-state index contributed by atoms with van der Waals surface area (Å²) in [5.41, 5.74) is 0.592. The van der Waals surface area contributed by atoms with Crippen molar-refractivity contribution in [2.24, 2.45) is 12.0 Å². The van der Waals surface area contributed by atoms with Crippen molar-refractivity contribution in [3.8, 4) is 5.88 Å². The molecule has 0 radical (unpaired) electrons. The van der Waals surface area contributed by atoms with E-state index in [0.29, 0.717) is 38.1 Å². The van der Waals surface area contributed by atoms with Crippen molar-refractivity contribution in [1.29, 1.82) is 0 Å². The average molecular weight is 360 g/mol. The Morgan fingerprint density at radius 3 is 2.85 bits per heavy atom. The van der Waals surface area contributed by atoms with E-state index in [1.165, 1.54) is 0 Å². The standard InChI is InChI=1S/C18H28N6O2/c1-5-19-17(21-10-14-8-7-9-20-16(14)26-6-2)22-13-18(3,25)15-11-23-24(4)12-15/h7-9,11-12,25H,5-6,10,13H2,1-4H3,(H2,19,21,22). The molecular weight excluding hydrogens is 332 g/mol. The number of aliphatic hydroxyl groups is 1. The lowest BCUT2D eigenvalue weighted by Gasteiger charge is -2.23. The van der Waals surface area contributed by atoms with Crippen LogP contribution >= 0.6 is 0 Å². The molecule has 0 aliphatic rings. The third kappa shape index (κ3) is 5.45. The predicted octanol–water partition coefficient (Wildman–Crippen LogP) is 1.18. The summed E-state index contributed by atoms with van der Waals surface area (Å²) in [6.45, 7) is 7.66. The van der Waals surface area contributed by atoms with E-state index in [4.69, 9.17) is 4.74 Å². The lowest BCUT2D eigenvalue weighted by Crippen LogP contribution is -2.44. The molecule has 2 aromatic rings. The van der Waals surface area contributed by atoms with E-state index in [9.17, 15) is 5.11 Å². The maximum absolute atomic E-state index is 10.7.